The molecule has 3 amide bonds. The molecule has 1 aromatic heterocycles. The smallest absolute Gasteiger partial charge is 0.326 e. The van der Waals surface area contributed by atoms with Crippen LogP contribution >= 0.6 is 0 Å². The summed E-state index contributed by atoms with van der Waals surface area (Å²) in [6, 6.07) is 1.17. The number of nitrogens with zero attached hydrogens (tertiary/aromatic N) is 2. The van der Waals surface area contributed by atoms with Crippen molar-refractivity contribution in [3.8, 4) is 0 Å². The summed E-state index contributed by atoms with van der Waals surface area (Å²) >= 11 is 0. The summed E-state index contributed by atoms with van der Waals surface area (Å²) in [6.07, 6.45) is 3.32. The lowest BCUT2D eigenvalue weighted by Crippen LogP contribution is -2.54. The molecule has 1 saturated carbocycles. The van der Waals surface area contributed by atoms with E-state index in [1.807, 2.05) is 32.4 Å². The number of carbonyl (C=O) groups is 4. The Morgan fingerprint density at radius 3 is 2.61 bits per heavy atom. The van der Waals surface area contributed by atoms with E-state index in [0.717, 1.165) is 35.6 Å². The summed E-state index contributed by atoms with van der Waals surface area (Å²) in [5.74, 6) is -1.45. The molecule has 1 aromatic rings. The van der Waals surface area contributed by atoms with Gasteiger partial charge in [-0.15, -0.1) is 0 Å². The van der Waals surface area contributed by atoms with Crippen LogP contribution in [0.3, 0.4) is 0 Å². The van der Waals surface area contributed by atoms with Crippen LogP contribution in [0, 0.1) is 19.8 Å². The van der Waals surface area contributed by atoms with Crippen LogP contribution in [0.25, 0.3) is 0 Å². The van der Waals surface area contributed by atoms with E-state index >= 15 is 0 Å². The summed E-state index contributed by atoms with van der Waals surface area (Å²) in [7, 11) is 1.85. The van der Waals surface area contributed by atoms with Crippen LogP contribution < -0.4 is 5.32 Å². The molecule has 0 bridgehead atoms. The number of urea groups is 1. The topological polar surface area (TPSA) is 97.7 Å². The summed E-state index contributed by atoms with van der Waals surface area (Å²) in [4.78, 5) is 50.6. The van der Waals surface area contributed by atoms with E-state index in [4.69, 9.17) is 4.74 Å². The SMILES string of the molecule is Cc1cc(C(=O)COC(=O)CN2C(=O)N[C@@]3(CCCC[C@H]3C)C2=O)c(C)n1C. The lowest BCUT2D eigenvalue weighted by molar-refractivity contribution is -0.147. The minimum Gasteiger partial charge on any atom is -0.456 e. The maximum atomic E-state index is 12.8. The molecule has 3 rings (SSSR count). The molecule has 0 unspecified atom stereocenters. The first-order chi connectivity index (χ1) is 13.2. The molecule has 1 aliphatic heterocycles. The molecule has 2 fully saturated rings. The zero-order valence-corrected chi connectivity index (χ0v) is 16.8. The van der Waals surface area contributed by atoms with Crippen LogP contribution in [0.1, 0.15) is 54.4 Å². The molecule has 2 heterocycles. The van der Waals surface area contributed by atoms with Gasteiger partial charge < -0.3 is 14.6 Å². The second-order valence-electron chi connectivity index (χ2n) is 7.87. The van der Waals surface area contributed by atoms with E-state index in [0.29, 0.717) is 12.0 Å². The molecule has 8 nitrogen and oxygen atoms in total. The van der Waals surface area contributed by atoms with Gasteiger partial charge in [0.05, 0.1) is 0 Å². The van der Waals surface area contributed by atoms with Gasteiger partial charge in [0.25, 0.3) is 5.91 Å². The highest BCUT2D eigenvalue weighted by atomic mass is 16.5. The van der Waals surface area contributed by atoms with Crippen LogP contribution in [0.4, 0.5) is 4.79 Å². The highest BCUT2D eigenvalue weighted by Gasteiger charge is 2.55. The Morgan fingerprint density at radius 1 is 1.29 bits per heavy atom. The molecule has 0 radical (unpaired) electrons. The van der Waals surface area contributed by atoms with Crippen molar-refractivity contribution in [1.82, 2.24) is 14.8 Å². The lowest BCUT2D eigenvalue weighted by atomic mass is 9.73. The summed E-state index contributed by atoms with van der Waals surface area (Å²) in [5, 5.41) is 2.79. The van der Waals surface area contributed by atoms with E-state index in [1.54, 1.807) is 6.07 Å². The third-order valence-corrected chi connectivity index (χ3v) is 6.23. The summed E-state index contributed by atoms with van der Waals surface area (Å²) in [6.45, 7) is 4.74. The first kappa shape index (κ1) is 20.1. The fraction of sp³-hybridized carbons (Fsp3) is 0.600. The van der Waals surface area contributed by atoms with E-state index < -0.39 is 30.7 Å². The van der Waals surface area contributed by atoms with Crippen molar-refractivity contribution >= 4 is 23.7 Å². The predicted octanol–water partition coefficient (Wildman–Crippen LogP) is 1.87. The van der Waals surface area contributed by atoms with Crippen molar-refractivity contribution in [1.29, 1.82) is 0 Å². The maximum Gasteiger partial charge on any atom is 0.326 e. The Hall–Kier alpha value is -2.64. The fourth-order valence-electron chi connectivity index (χ4n) is 4.18. The van der Waals surface area contributed by atoms with Gasteiger partial charge in [-0.2, -0.15) is 0 Å². The number of ether oxygens (including phenoxy) is 1. The number of imide groups is 1. The van der Waals surface area contributed by atoms with Crippen LogP contribution in [0.15, 0.2) is 6.07 Å². The van der Waals surface area contributed by atoms with Crippen molar-refractivity contribution < 1.29 is 23.9 Å². The molecule has 0 aromatic carbocycles. The molecular weight excluding hydrogens is 362 g/mol. The quantitative estimate of drug-likeness (QED) is 0.471. The van der Waals surface area contributed by atoms with Crippen molar-refractivity contribution in [2.45, 2.75) is 52.0 Å². The second-order valence-corrected chi connectivity index (χ2v) is 7.87. The zero-order valence-electron chi connectivity index (χ0n) is 16.8. The van der Waals surface area contributed by atoms with Crippen molar-refractivity contribution in [3.63, 3.8) is 0 Å². The van der Waals surface area contributed by atoms with Gasteiger partial charge >= 0.3 is 12.0 Å². The third-order valence-electron chi connectivity index (χ3n) is 6.23. The Bertz CT molecular complexity index is 843. The molecule has 2 aliphatic rings. The first-order valence-electron chi connectivity index (χ1n) is 9.63. The van der Waals surface area contributed by atoms with Gasteiger partial charge in [0.15, 0.2) is 6.61 Å². The molecule has 1 N–H and O–H groups in total. The zero-order chi connectivity index (χ0) is 20.6. The van der Waals surface area contributed by atoms with Gasteiger partial charge in [-0.25, -0.2) is 4.79 Å². The van der Waals surface area contributed by atoms with E-state index in [2.05, 4.69) is 5.32 Å². The predicted molar refractivity (Wildman–Crippen MR) is 101 cm³/mol. The normalized spacial score (nSPS) is 24.6. The van der Waals surface area contributed by atoms with Gasteiger partial charge in [-0.05, 0) is 38.7 Å². The molecule has 28 heavy (non-hydrogen) atoms. The molecule has 1 spiro atoms. The average molecular weight is 389 g/mol. The highest BCUT2D eigenvalue weighted by molar-refractivity contribution is 6.09. The van der Waals surface area contributed by atoms with Crippen LogP contribution in [-0.4, -0.2) is 51.8 Å². The number of hydrogen-bond acceptors (Lipinski definition) is 5. The van der Waals surface area contributed by atoms with E-state index in [-0.39, 0.29) is 17.6 Å². The van der Waals surface area contributed by atoms with Crippen LogP contribution in [0.5, 0.6) is 0 Å². The number of Topliss-reactive ketones (excluding diaryl/α,β-unsaturated/α-hetero) is 1. The number of amides is 3. The van der Waals surface area contributed by atoms with Crippen molar-refractivity contribution in [2.24, 2.45) is 13.0 Å². The third kappa shape index (κ3) is 3.31. The number of rotatable bonds is 5. The fourth-order valence-corrected chi connectivity index (χ4v) is 4.18. The van der Waals surface area contributed by atoms with E-state index in [1.165, 1.54) is 0 Å². The molecule has 2 atom stereocenters. The van der Waals surface area contributed by atoms with Crippen LogP contribution in [0.2, 0.25) is 0 Å². The average Bonchev–Trinajstić information content (AvgIpc) is 3.05. The minimum absolute atomic E-state index is 0.0181. The molecular formula is C20H27N3O5. The van der Waals surface area contributed by atoms with Gasteiger partial charge in [0.1, 0.15) is 12.1 Å². The number of esters is 1. The van der Waals surface area contributed by atoms with Crippen molar-refractivity contribution in [2.75, 3.05) is 13.2 Å². The number of carbonyl (C=O) groups excluding carboxylic acids is 4. The summed E-state index contributed by atoms with van der Waals surface area (Å²) in [5.41, 5.74) is 1.31. The Labute approximate surface area is 164 Å². The first-order valence-corrected chi connectivity index (χ1v) is 9.63. The largest absolute Gasteiger partial charge is 0.456 e. The summed E-state index contributed by atoms with van der Waals surface area (Å²) < 4.78 is 6.93. The molecule has 1 aliphatic carbocycles. The number of ketones is 1. The van der Waals surface area contributed by atoms with E-state index in [9.17, 15) is 19.2 Å². The standard InChI is InChI=1S/C20H27N3O5/c1-12-7-5-6-8-20(12)18(26)23(19(27)21-20)10-17(25)28-11-16(24)15-9-13(2)22(4)14(15)3/h9,12H,5-8,10-11H2,1-4H3,(H,21,27)/t12-,20-/m1/s1. The van der Waals surface area contributed by atoms with Crippen LogP contribution in [-0.2, 0) is 21.4 Å². The Morgan fingerprint density at radius 2 is 2.00 bits per heavy atom. The molecule has 152 valence electrons. The van der Waals surface area contributed by atoms with Gasteiger partial charge in [0.2, 0.25) is 5.78 Å². The monoisotopic (exact) mass is 389 g/mol. The number of aromatic nitrogens is 1. The van der Waals surface area contributed by atoms with Gasteiger partial charge in [-0.1, -0.05) is 19.8 Å². The molecule has 8 heteroatoms. The van der Waals surface area contributed by atoms with Gasteiger partial charge in [0, 0.05) is 24.0 Å². The number of aryl methyl sites for hydroxylation is 1. The number of nitrogens with one attached hydrogen (secondary N) is 1. The minimum atomic E-state index is -0.913. The molecule has 1 saturated heterocycles. The Kier molecular flexibility index (Phi) is 5.32. The maximum absolute atomic E-state index is 12.8. The number of hydrogen-bond donors (Lipinski definition) is 1. The Balaban J connectivity index is 1.60. The van der Waals surface area contributed by atoms with Crippen molar-refractivity contribution in [3.05, 3.63) is 23.0 Å². The lowest BCUT2D eigenvalue weighted by Gasteiger charge is -2.36. The second kappa shape index (κ2) is 7.41. The highest BCUT2D eigenvalue weighted by Crippen LogP contribution is 2.38. The van der Waals surface area contributed by atoms with Gasteiger partial charge in [-0.3, -0.25) is 19.3 Å².